The van der Waals surface area contributed by atoms with Crippen LogP contribution in [-0.4, -0.2) is 22.5 Å². The van der Waals surface area contributed by atoms with Crippen molar-refractivity contribution in [3.05, 3.63) is 21.9 Å². The average Bonchev–Trinajstić information content (AvgIpc) is 2.97. The van der Waals surface area contributed by atoms with Gasteiger partial charge in [0.25, 0.3) is 5.91 Å². The maximum atomic E-state index is 12.1. The van der Waals surface area contributed by atoms with Crippen molar-refractivity contribution < 1.29 is 14.7 Å². The first-order valence-electron chi connectivity index (χ1n) is 6.22. The van der Waals surface area contributed by atoms with Crippen molar-refractivity contribution in [3.63, 3.8) is 0 Å². The van der Waals surface area contributed by atoms with Crippen molar-refractivity contribution in [2.75, 3.05) is 0 Å². The minimum Gasteiger partial charge on any atom is -0.480 e. The molecule has 1 saturated carbocycles. The van der Waals surface area contributed by atoms with E-state index in [2.05, 4.69) is 5.32 Å². The summed E-state index contributed by atoms with van der Waals surface area (Å²) in [4.78, 5) is 25.1. The van der Waals surface area contributed by atoms with E-state index < -0.39 is 11.5 Å². The highest BCUT2D eigenvalue weighted by atomic mass is 32.1. The molecule has 5 heteroatoms. The van der Waals surface area contributed by atoms with Crippen LogP contribution in [0.25, 0.3) is 0 Å². The molecule has 1 heterocycles. The van der Waals surface area contributed by atoms with Gasteiger partial charge in [-0.3, -0.25) is 4.79 Å². The molecule has 1 fully saturated rings. The Bertz CT molecular complexity index is 461. The third-order valence-electron chi connectivity index (χ3n) is 3.45. The number of nitrogens with one attached hydrogen (secondary N) is 1. The lowest BCUT2D eigenvalue weighted by Crippen LogP contribution is -2.52. The highest BCUT2D eigenvalue weighted by Crippen LogP contribution is 2.30. The van der Waals surface area contributed by atoms with Gasteiger partial charge in [0.15, 0.2) is 0 Å². The second-order valence-electron chi connectivity index (χ2n) is 4.67. The molecule has 4 nitrogen and oxygen atoms in total. The summed E-state index contributed by atoms with van der Waals surface area (Å²) in [6.07, 6.45) is 3.66. The van der Waals surface area contributed by atoms with Crippen LogP contribution in [0.5, 0.6) is 0 Å². The maximum Gasteiger partial charge on any atom is 0.329 e. The number of rotatable bonds is 4. The van der Waals surface area contributed by atoms with Crippen LogP contribution in [0, 0.1) is 0 Å². The molecule has 0 radical (unpaired) electrons. The zero-order chi connectivity index (χ0) is 13.2. The number of carbonyl (C=O) groups excluding carboxylic acids is 1. The van der Waals surface area contributed by atoms with E-state index in [1.54, 1.807) is 6.07 Å². The number of carboxylic acids is 1. The Kier molecular flexibility index (Phi) is 3.71. The molecule has 98 valence electrons. The predicted molar refractivity (Wildman–Crippen MR) is 70.0 cm³/mol. The summed E-state index contributed by atoms with van der Waals surface area (Å²) in [5.74, 6) is -1.18. The van der Waals surface area contributed by atoms with Crippen LogP contribution in [0.15, 0.2) is 12.1 Å². The van der Waals surface area contributed by atoms with Gasteiger partial charge in [-0.2, -0.15) is 0 Å². The lowest BCUT2D eigenvalue weighted by molar-refractivity contribution is -0.144. The molecule has 0 aromatic carbocycles. The van der Waals surface area contributed by atoms with Gasteiger partial charge in [-0.1, -0.05) is 19.8 Å². The van der Waals surface area contributed by atoms with Crippen LogP contribution in [0.3, 0.4) is 0 Å². The molecule has 0 bridgehead atoms. The second kappa shape index (κ2) is 5.10. The standard InChI is InChI=1S/C13H17NO3S/c1-2-9-5-6-10(18-9)11(15)14-13(12(16)17)7-3-4-8-13/h5-6H,2-4,7-8H2,1H3,(H,14,15)(H,16,17). The van der Waals surface area contributed by atoms with Crippen molar-refractivity contribution in [2.45, 2.75) is 44.6 Å². The summed E-state index contributed by atoms with van der Waals surface area (Å²) in [5.41, 5.74) is -1.05. The Labute approximate surface area is 110 Å². The summed E-state index contributed by atoms with van der Waals surface area (Å²) in [7, 11) is 0. The van der Waals surface area contributed by atoms with E-state index in [1.165, 1.54) is 11.3 Å². The van der Waals surface area contributed by atoms with E-state index in [1.807, 2.05) is 13.0 Å². The van der Waals surface area contributed by atoms with E-state index >= 15 is 0 Å². The number of aryl methyl sites for hydroxylation is 1. The largest absolute Gasteiger partial charge is 0.480 e. The van der Waals surface area contributed by atoms with E-state index in [4.69, 9.17) is 0 Å². The Balaban J connectivity index is 2.12. The van der Waals surface area contributed by atoms with Gasteiger partial charge < -0.3 is 10.4 Å². The molecule has 1 aromatic heterocycles. The van der Waals surface area contributed by atoms with E-state index in [0.717, 1.165) is 24.1 Å². The number of carboxylic acid groups (broad SMARTS) is 1. The number of thiophene rings is 1. The molecule has 0 unspecified atom stereocenters. The van der Waals surface area contributed by atoms with Gasteiger partial charge >= 0.3 is 5.97 Å². The lowest BCUT2D eigenvalue weighted by atomic mass is 9.98. The SMILES string of the molecule is CCc1ccc(C(=O)NC2(C(=O)O)CCCC2)s1. The molecule has 1 amide bonds. The minimum atomic E-state index is -1.05. The van der Waals surface area contributed by atoms with Gasteiger partial charge in [0.05, 0.1) is 4.88 Å². The smallest absolute Gasteiger partial charge is 0.329 e. The first kappa shape index (κ1) is 13.1. The minimum absolute atomic E-state index is 0.260. The molecule has 1 aromatic rings. The van der Waals surface area contributed by atoms with E-state index in [0.29, 0.717) is 17.7 Å². The number of carbonyl (C=O) groups is 2. The van der Waals surface area contributed by atoms with Gasteiger partial charge in [0.1, 0.15) is 5.54 Å². The molecule has 1 aliphatic rings. The Hall–Kier alpha value is -1.36. The molecule has 0 spiro atoms. The fraction of sp³-hybridized carbons (Fsp3) is 0.538. The Morgan fingerprint density at radius 2 is 2.06 bits per heavy atom. The van der Waals surface area contributed by atoms with Crippen LogP contribution in [0.1, 0.15) is 47.2 Å². The first-order chi connectivity index (χ1) is 8.57. The van der Waals surface area contributed by atoms with Gasteiger partial charge in [-0.05, 0) is 31.4 Å². The van der Waals surface area contributed by atoms with Crippen LogP contribution < -0.4 is 5.32 Å². The summed E-state index contributed by atoms with van der Waals surface area (Å²) in [6, 6.07) is 3.69. The summed E-state index contributed by atoms with van der Waals surface area (Å²) >= 11 is 1.43. The quantitative estimate of drug-likeness (QED) is 0.880. The fourth-order valence-electron chi connectivity index (χ4n) is 2.34. The normalized spacial score (nSPS) is 17.6. The topological polar surface area (TPSA) is 66.4 Å². The molecule has 0 atom stereocenters. The van der Waals surface area contributed by atoms with E-state index in [9.17, 15) is 14.7 Å². The van der Waals surface area contributed by atoms with Crippen molar-refractivity contribution in [1.29, 1.82) is 0 Å². The maximum absolute atomic E-state index is 12.1. The van der Waals surface area contributed by atoms with Crippen LogP contribution >= 0.6 is 11.3 Å². The summed E-state index contributed by atoms with van der Waals surface area (Å²) in [6.45, 7) is 2.03. The fourth-order valence-corrected chi connectivity index (χ4v) is 3.18. The highest BCUT2D eigenvalue weighted by molar-refractivity contribution is 7.14. The second-order valence-corrected chi connectivity index (χ2v) is 5.84. The summed E-state index contributed by atoms with van der Waals surface area (Å²) < 4.78 is 0. The first-order valence-corrected chi connectivity index (χ1v) is 7.04. The Morgan fingerprint density at radius 3 is 2.56 bits per heavy atom. The molecular weight excluding hydrogens is 250 g/mol. The van der Waals surface area contributed by atoms with Crippen molar-refractivity contribution in [1.82, 2.24) is 5.32 Å². The molecule has 18 heavy (non-hydrogen) atoms. The van der Waals surface area contributed by atoms with Crippen LogP contribution in [-0.2, 0) is 11.2 Å². The molecule has 0 aliphatic heterocycles. The average molecular weight is 267 g/mol. The molecule has 0 saturated heterocycles. The lowest BCUT2D eigenvalue weighted by Gasteiger charge is -2.24. The number of aliphatic carboxylic acids is 1. The number of hydrogen-bond acceptors (Lipinski definition) is 3. The Morgan fingerprint density at radius 1 is 1.39 bits per heavy atom. The molecular formula is C13H17NO3S. The number of amides is 1. The van der Waals surface area contributed by atoms with Gasteiger partial charge in [0.2, 0.25) is 0 Å². The van der Waals surface area contributed by atoms with Crippen molar-refractivity contribution in [3.8, 4) is 0 Å². The van der Waals surface area contributed by atoms with Crippen molar-refractivity contribution >= 4 is 23.2 Å². The third-order valence-corrected chi connectivity index (χ3v) is 4.68. The molecule has 2 rings (SSSR count). The molecule has 2 N–H and O–H groups in total. The van der Waals surface area contributed by atoms with Crippen LogP contribution in [0.4, 0.5) is 0 Å². The third kappa shape index (κ3) is 2.41. The predicted octanol–water partition coefficient (Wildman–Crippen LogP) is 2.44. The number of hydrogen-bond donors (Lipinski definition) is 2. The monoisotopic (exact) mass is 267 g/mol. The van der Waals surface area contributed by atoms with Gasteiger partial charge in [0, 0.05) is 4.88 Å². The highest BCUT2D eigenvalue weighted by Gasteiger charge is 2.42. The summed E-state index contributed by atoms with van der Waals surface area (Å²) in [5, 5.41) is 12.0. The van der Waals surface area contributed by atoms with Gasteiger partial charge in [-0.15, -0.1) is 11.3 Å². The zero-order valence-electron chi connectivity index (χ0n) is 10.4. The van der Waals surface area contributed by atoms with Crippen molar-refractivity contribution in [2.24, 2.45) is 0 Å². The van der Waals surface area contributed by atoms with E-state index in [-0.39, 0.29) is 5.91 Å². The van der Waals surface area contributed by atoms with Gasteiger partial charge in [-0.25, -0.2) is 4.79 Å². The van der Waals surface area contributed by atoms with Crippen LogP contribution in [0.2, 0.25) is 0 Å². The molecule has 1 aliphatic carbocycles. The zero-order valence-corrected chi connectivity index (χ0v) is 11.2.